The second kappa shape index (κ2) is 7.36. The summed E-state index contributed by atoms with van der Waals surface area (Å²) in [5, 5.41) is 9.27. The zero-order valence-corrected chi connectivity index (χ0v) is 13.2. The Bertz CT molecular complexity index is 727. The summed E-state index contributed by atoms with van der Waals surface area (Å²) in [5.41, 5.74) is 1.25. The molecule has 0 bridgehead atoms. The van der Waals surface area contributed by atoms with E-state index in [1.165, 1.54) is 19.5 Å². The summed E-state index contributed by atoms with van der Waals surface area (Å²) in [6.07, 6.45) is 0. The van der Waals surface area contributed by atoms with E-state index in [-0.39, 0.29) is 16.7 Å². The van der Waals surface area contributed by atoms with Crippen molar-refractivity contribution in [1.82, 2.24) is 10.3 Å². The monoisotopic (exact) mass is 334 g/mol. The number of hydrogen-bond acceptors (Lipinski definition) is 6. The average Bonchev–Trinajstić information content (AvgIpc) is 3.06. The maximum atomic E-state index is 12.0. The smallest absolute Gasteiger partial charge is 0.367 e. The normalized spacial score (nSPS) is 9.83. The summed E-state index contributed by atoms with van der Waals surface area (Å²) < 4.78 is 4.54. The fraction of sp³-hybridized carbons (Fsp3) is 0.143. The first-order valence-corrected chi connectivity index (χ1v) is 7.35. The van der Waals surface area contributed by atoms with Gasteiger partial charge in [-0.2, -0.15) is 0 Å². The number of thiazole rings is 1. The minimum atomic E-state index is -0.585. The van der Waals surface area contributed by atoms with Gasteiger partial charge in [0, 0.05) is 23.8 Å². The minimum absolute atomic E-state index is 0.114. The van der Waals surface area contributed by atoms with Gasteiger partial charge in [-0.15, -0.1) is 11.3 Å². The first kappa shape index (κ1) is 16.4. The Morgan fingerprint density at radius 2 is 1.70 bits per heavy atom. The van der Waals surface area contributed by atoms with Gasteiger partial charge in [-0.05, 0) is 24.3 Å². The largest absolute Gasteiger partial charge is 0.464 e. The van der Waals surface area contributed by atoms with Crippen molar-refractivity contribution in [2.24, 2.45) is 0 Å². The zero-order valence-electron chi connectivity index (χ0n) is 12.4. The van der Waals surface area contributed by atoms with E-state index in [1.54, 1.807) is 24.3 Å². The quantitative estimate of drug-likeness (QED) is 0.740. The molecule has 120 valence electrons. The van der Waals surface area contributed by atoms with Crippen molar-refractivity contribution in [1.29, 1.82) is 0 Å². The van der Waals surface area contributed by atoms with Crippen molar-refractivity contribution < 1.29 is 19.1 Å². The highest BCUT2D eigenvalue weighted by molar-refractivity contribution is 7.11. The average molecular weight is 334 g/mol. The van der Waals surface area contributed by atoms with E-state index < -0.39 is 11.9 Å². The zero-order chi connectivity index (χ0) is 16.8. The molecule has 0 fully saturated rings. The van der Waals surface area contributed by atoms with Gasteiger partial charge in [0.15, 0.2) is 0 Å². The molecule has 1 aromatic carbocycles. The number of benzene rings is 1. The topological polar surface area (TPSA) is 109 Å². The number of rotatable bonds is 4. The molecular weight excluding hydrogens is 320 g/mol. The van der Waals surface area contributed by atoms with E-state index >= 15 is 0 Å². The summed E-state index contributed by atoms with van der Waals surface area (Å²) in [7, 11) is 2.76. The number of urea groups is 1. The van der Waals surface area contributed by atoms with Crippen molar-refractivity contribution in [2.45, 2.75) is 0 Å². The molecule has 8 nitrogen and oxygen atoms in total. The van der Waals surface area contributed by atoms with Crippen LogP contribution in [0.25, 0.3) is 0 Å². The Morgan fingerprint density at radius 3 is 2.26 bits per heavy atom. The fourth-order valence-electron chi connectivity index (χ4n) is 1.58. The number of ether oxygens (including phenoxy) is 1. The Kier molecular flexibility index (Phi) is 5.26. The third-order valence-corrected chi connectivity index (χ3v) is 3.55. The predicted octanol–water partition coefficient (Wildman–Crippen LogP) is 1.93. The maximum absolute atomic E-state index is 12.0. The number of carbonyl (C=O) groups is 3. The highest BCUT2D eigenvalue weighted by Crippen LogP contribution is 2.16. The van der Waals surface area contributed by atoms with Crippen molar-refractivity contribution in [2.75, 3.05) is 24.8 Å². The summed E-state index contributed by atoms with van der Waals surface area (Å²) in [6.45, 7) is 0. The second-order valence-electron chi connectivity index (χ2n) is 4.27. The molecule has 0 spiro atoms. The molecule has 0 saturated heterocycles. The maximum Gasteiger partial charge on any atom is 0.367 e. The van der Waals surface area contributed by atoms with E-state index in [0.717, 1.165) is 11.3 Å². The number of aromatic nitrogens is 1. The Morgan fingerprint density at radius 1 is 1.09 bits per heavy atom. The molecule has 0 saturated carbocycles. The van der Waals surface area contributed by atoms with Crippen LogP contribution >= 0.6 is 11.3 Å². The number of esters is 1. The molecule has 0 aliphatic rings. The molecule has 0 unspecified atom stereocenters. The molecule has 0 aliphatic heterocycles. The number of anilines is 2. The summed E-state index contributed by atoms with van der Waals surface area (Å²) in [6, 6.07) is 6.23. The van der Waals surface area contributed by atoms with Crippen LogP contribution in [0.2, 0.25) is 0 Å². The molecule has 0 aliphatic carbocycles. The van der Waals surface area contributed by atoms with Crippen LogP contribution in [0.15, 0.2) is 29.6 Å². The SMILES string of the molecule is CNC(=O)Nc1ccc(NC(=O)c2csc(C(=O)OC)n2)cc1. The lowest BCUT2D eigenvalue weighted by molar-refractivity contribution is 0.0600. The molecule has 2 rings (SSSR count). The molecule has 1 heterocycles. The molecule has 9 heteroatoms. The Labute approximate surface area is 135 Å². The van der Waals surface area contributed by atoms with Crippen LogP contribution in [-0.2, 0) is 4.74 Å². The summed E-state index contributed by atoms with van der Waals surface area (Å²) in [4.78, 5) is 38.4. The predicted molar refractivity (Wildman–Crippen MR) is 85.9 cm³/mol. The van der Waals surface area contributed by atoms with E-state index in [4.69, 9.17) is 0 Å². The lowest BCUT2D eigenvalue weighted by Gasteiger charge is -2.06. The van der Waals surface area contributed by atoms with Crippen molar-refractivity contribution in [3.05, 3.63) is 40.3 Å². The number of amides is 3. The fourth-order valence-corrected chi connectivity index (χ4v) is 2.30. The van der Waals surface area contributed by atoms with Gasteiger partial charge in [-0.25, -0.2) is 14.6 Å². The highest BCUT2D eigenvalue weighted by Gasteiger charge is 2.15. The van der Waals surface area contributed by atoms with Crippen LogP contribution in [0.4, 0.5) is 16.2 Å². The number of hydrogen-bond donors (Lipinski definition) is 3. The molecule has 23 heavy (non-hydrogen) atoms. The van der Waals surface area contributed by atoms with Gasteiger partial charge in [-0.3, -0.25) is 4.79 Å². The van der Waals surface area contributed by atoms with Gasteiger partial charge in [0.05, 0.1) is 7.11 Å². The van der Waals surface area contributed by atoms with Crippen molar-refractivity contribution in [3.8, 4) is 0 Å². The summed E-state index contributed by atoms with van der Waals surface area (Å²) in [5.74, 6) is -1.03. The first-order valence-electron chi connectivity index (χ1n) is 6.47. The van der Waals surface area contributed by atoms with Gasteiger partial charge < -0.3 is 20.7 Å². The van der Waals surface area contributed by atoms with E-state index in [0.29, 0.717) is 11.4 Å². The summed E-state index contributed by atoms with van der Waals surface area (Å²) >= 11 is 1.03. The van der Waals surface area contributed by atoms with Gasteiger partial charge >= 0.3 is 12.0 Å². The first-order chi connectivity index (χ1) is 11.0. The molecule has 0 radical (unpaired) electrons. The van der Waals surface area contributed by atoms with Crippen LogP contribution in [0.1, 0.15) is 20.3 Å². The van der Waals surface area contributed by atoms with Crippen LogP contribution in [0.3, 0.4) is 0 Å². The minimum Gasteiger partial charge on any atom is -0.464 e. The van der Waals surface area contributed by atoms with E-state index in [1.807, 2.05) is 0 Å². The van der Waals surface area contributed by atoms with E-state index in [9.17, 15) is 14.4 Å². The van der Waals surface area contributed by atoms with Crippen LogP contribution in [-0.4, -0.2) is 37.0 Å². The highest BCUT2D eigenvalue weighted by atomic mass is 32.1. The van der Waals surface area contributed by atoms with Crippen LogP contribution in [0, 0.1) is 0 Å². The molecule has 3 amide bonds. The van der Waals surface area contributed by atoms with Crippen molar-refractivity contribution in [3.63, 3.8) is 0 Å². The number of methoxy groups -OCH3 is 1. The third kappa shape index (κ3) is 4.27. The molecule has 3 N–H and O–H groups in total. The van der Waals surface area contributed by atoms with Crippen LogP contribution in [0.5, 0.6) is 0 Å². The lowest BCUT2D eigenvalue weighted by Crippen LogP contribution is -2.24. The number of nitrogens with zero attached hydrogens (tertiary/aromatic N) is 1. The lowest BCUT2D eigenvalue weighted by atomic mass is 10.2. The van der Waals surface area contributed by atoms with Crippen molar-refractivity contribution >= 4 is 40.6 Å². The molecule has 1 aromatic heterocycles. The van der Waals surface area contributed by atoms with Gasteiger partial charge in [-0.1, -0.05) is 0 Å². The Hall–Kier alpha value is -2.94. The number of carbonyl (C=O) groups excluding carboxylic acids is 3. The Balaban J connectivity index is 2.01. The molecular formula is C14H14N4O4S. The van der Waals surface area contributed by atoms with Gasteiger partial charge in [0.25, 0.3) is 5.91 Å². The van der Waals surface area contributed by atoms with Gasteiger partial charge in [0.2, 0.25) is 5.01 Å². The number of nitrogens with one attached hydrogen (secondary N) is 3. The third-order valence-electron chi connectivity index (χ3n) is 2.72. The molecule has 2 aromatic rings. The standard InChI is InChI=1S/C14H14N4O4S/c1-15-14(21)17-9-5-3-8(4-6-9)16-11(19)10-7-23-12(18-10)13(20)22-2/h3-7H,1-2H3,(H,16,19)(H2,15,17,21). The second-order valence-corrected chi connectivity index (χ2v) is 5.12. The van der Waals surface area contributed by atoms with Gasteiger partial charge in [0.1, 0.15) is 5.69 Å². The van der Waals surface area contributed by atoms with Crippen LogP contribution < -0.4 is 16.0 Å². The van der Waals surface area contributed by atoms with E-state index in [2.05, 4.69) is 25.7 Å². The molecule has 0 atom stereocenters.